The van der Waals surface area contributed by atoms with Crippen molar-refractivity contribution in [1.29, 1.82) is 0 Å². The molecule has 2 aromatic heterocycles. The molecule has 0 radical (unpaired) electrons. The van der Waals surface area contributed by atoms with Gasteiger partial charge in [-0.15, -0.1) is 0 Å². The average Bonchev–Trinajstić information content (AvgIpc) is 3.12. The van der Waals surface area contributed by atoms with E-state index >= 15 is 0 Å². The fourth-order valence-electron chi connectivity index (χ4n) is 4.09. The number of rotatable bonds is 6. The molecule has 4 N–H and O–H groups in total. The Morgan fingerprint density at radius 2 is 1.71 bits per heavy atom. The van der Waals surface area contributed by atoms with Crippen molar-refractivity contribution in [1.82, 2.24) is 19.7 Å². The van der Waals surface area contributed by atoms with Crippen LogP contribution in [0.5, 0.6) is 0 Å². The third kappa shape index (κ3) is 4.85. The van der Waals surface area contributed by atoms with E-state index in [1.54, 1.807) is 0 Å². The number of hydrogen-bond donors (Lipinski definition) is 3. The summed E-state index contributed by atoms with van der Waals surface area (Å²) in [5.74, 6) is 1.69. The normalized spacial score (nSPS) is 19.4. The van der Waals surface area contributed by atoms with Crippen LogP contribution in [0.25, 0.3) is 11.0 Å². The summed E-state index contributed by atoms with van der Waals surface area (Å²) in [5.41, 5.74) is 9.91. The summed E-state index contributed by atoms with van der Waals surface area (Å²) < 4.78 is 3.08. The van der Waals surface area contributed by atoms with Crippen LogP contribution in [-0.4, -0.2) is 31.8 Å². The zero-order valence-corrected chi connectivity index (χ0v) is 20.3. The predicted octanol–water partition coefficient (Wildman–Crippen LogP) is 5.72. The second kappa shape index (κ2) is 9.12. The van der Waals surface area contributed by atoms with E-state index in [0.717, 1.165) is 58.4 Å². The van der Waals surface area contributed by atoms with Crippen LogP contribution < -0.4 is 16.4 Å². The van der Waals surface area contributed by atoms with Crippen LogP contribution in [0.4, 0.5) is 17.5 Å². The maximum Gasteiger partial charge on any atom is 0.225 e. The number of nitrogens with two attached hydrogens (primary N) is 1. The van der Waals surface area contributed by atoms with Gasteiger partial charge in [-0.05, 0) is 69.7 Å². The van der Waals surface area contributed by atoms with Gasteiger partial charge in [0.15, 0.2) is 5.82 Å². The molecular weight excluding hydrogens is 454 g/mol. The number of nitrogens with one attached hydrogen (secondary N) is 2. The SMILES string of the molecule is CC(C)c1nn(C(C)C)c2c(Nc3ccc(Br)cc3)nc(NC3CCC(N)CC3)nc12. The van der Waals surface area contributed by atoms with Crippen LogP contribution in [-0.2, 0) is 0 Å². The van der Waals surface area contributed by atoms with Crippen molar-refractivity contribution < 1.29 is 0 Å². The van der Waals surface area contributed by atoms with Gasteiger partial charge in [-0.1, -0.05) is 29.8 Å². The molecule has 1 fully saturated rings. The van der Waals surface area contributed by atoms with E-state index in [2.05, 4.69) is 54.3 Å². The quantitative estimate of drug-likeness (QED) is 0.413. The molecule has 2 heterocycles. The Kier molecular flexibility index (Phi) is 6.48. The first-order chi connectivity index (χ1) is 14.8. The molecule has 0 atom stereocenters. The van der Waals surface area contributed by atoms with Gasteiger partial charge < -0.3 is 16.4 Å². The maximum atomic E-state index is 6.09. The van der Waals surface area contributed by atoms with Gasteiger partial charge in [-0.2, -0.15) is 10.1 Å². The van der Waals surface area contributed by atoms with Crippen LogP contribution >= 0.6 is 15.9 Å². The first-order valence-electron chi connectivity index (χ1n) is 11.2. The largest absolute Gasteiger partial charge is 0.351 e. The second-order valence-electron chi connectivity index (χ2n) is 9.06. The molecule has 166 valence electrons. The summed E-state index contributed by atoms with van der Waals surface area (Å²) in [5, 5.41) is 12.0. The molecule has 1 saturated carbocycles. The number of hydrogen-bond acceptors (Lipinski definition) is 6. The molecule has 1 aliphatic rings. The minimum atomic E-state index is 0.197. The highest BCUT2D eigenvalue weighted by atomic mass is 79.9. The molecule has 4 rings (SSSR count). The molecule has 3 aromatic rings. The lowest BCUT2D eigenvalue weighted by Gasteiger charge is -2.27. The van der Waals surface area contributed by atoms with E-state index in [0.29, 0.717) is 18.0 Å². The lowest BCUT2D eigenvalue weighted by molar-refractivity contribution is 0.410. The molecule has 1 aromatic carbocycles. The number of anilines is 3. The average molecular weight is 486 g/mol. The molecule has 0 saturated heterocycles. The molecule has 31 heavy (non-hydrogen) atoms. The second-order valence-corrected chi connectivity index (χ2v) is 9.97. The lowest BCUT2D eigenvalue weighted by Crippen LogP contribution is -2.33. The van der Waals surface area contributed by atoms with E-state index in [1.807, 2.05) is 28.9 Å². The van der Waals surface area contributed by atoms with Crippen LogP contribution in [0.1, 0.15) is 71.0 Å². The van der Waals surface area contributed by atoms with Crippen LogP contribution in [0, 0.1) is 0 Å². The highest BCUT2D eigenvalue weighted by molar-refractivity contribution is 9.10. The number of fused-ring (bicyclic) bond motifs is 1. The van der Waals surface area contributed by atoms with Gasteiger partial charge in [0.1, 0.15) is 11.0 Å². The number of halogens is 1. The highest BCUT2D eigenvalue weighted by Crippen LogP contribution is 2.33. The van der Waals surface area contributed by atoms with Crippen molar-refractivity contribution in [2.24, 2.45) is 5.73 Å². The zero-order valence-electron chi connectivity index (χ0n) is 18.7. The van der Waals surface area contributed by atoms with Crippen molar-refractivity contribution in [2.45, 2.75) is 77.4 Å². The van der Waals surface area contributed by atoms with Gasteiger partial charge in [0, 0.05) is 28.3 Å². The molecule has 0 unspecified atom stereocenters. The van der Waals surface area contributed by atoms with Crippen molar-refractivity contribution in [3.05, 3.63) is 34.4 Å². The van der Waals surface area contributed by atoms with Gasteiger partial charge in [-0.3, -0.25) is 4.68 Å². The minimum Gasteiger partial charge on any atom is -0.351 e. The third-order valence-corrected chi connectivity index (χ3v) is 6.35. The summed E-state index contributed by atoms with van der Waals surface area (Å²) in [6.45, 7) is 8.59. The van der Waals surface area contributed by atoms with Crippen LogP contribution in [0.2, 0.25) is 0 Å². The summed E-state index contributed by atoms with van der Waals surface area (Å²) >= 11 is 3.51. The van der Waals surface area contributed by atoms with Crippen molar-refractivity contribution in [3.63, 3.8) is 0 Å². The van der Waals surface area contributed by atoms with E-state index in [-0.39, 0.29) is 12.0 Å². The van der Waals surface area contributed by atoms with Gasteiger partial charge in [-0.25, -0.2) is 4.98 Å². The van der Waals surface area contributed by atoms with E-state index in [1.165, 1.54) is 0 Å². The van der Waals surface area contributed by atoms with Crippen LogP contribution in [0.3, 0.4) is 0 Å². The van der Waals surface area contributed by atoms with Crippen LogP contribution in [0.15, 0.2) is 28.7 Å². The Balaban J connectivity index is 1.79. The molecule has 0 spiro atoms. The van der Waals surface area contributed by atoms with Gasteiger partial charge >= 0.3 is 0 Å². The monoisotopic (exact) mass is 485 g/mol. The molecule has 1 aliphatic carbocycles. The van der Waals surface area contributed by atoms with Gasteiger partial charge in [0.25, 0.3) is 0 Å². The molecule has 7 nitrogen and oxygen atoms in total. The van der Waals surface area contributed by atoms with E-state index < -0.39 is 0 Å². The van der Waals surface area contributed by atoms with E-state index in [4.69, 9.17) is 20.8 Å². The zero-order chi connectivity index (χ0) is 22.1. The number of aromatic nitrogens is 4. The fourth-order valence-corrected chi connectivity index (χ4v) is 4.36. The number of benzene rings is 1. The van der Waals surface area contributed by atoms with Gasteiger partial charge in [0.2, 0.25) is 5.95 Å². The molecule has 0 bridgehead atoms. The summed E-state index contributed by atoms with van der Waals surface area (Å²) in [6, 6.07) is 8.96. The fraction of sp³-hybridized carbons (Fsp3) is 0.522. The molecule has 0 aliphatic heterocycles. The summed E-state index contributed by atoms with van der Waals surface area (Å²) in [7, 11) is 0. The summed E-state index contributed by atoms with van der Waals surface area (Å²) in [4.78, 5) is 9.86. The smallest absolute Gasteiger partial charge is 0.225 e. The van der Waals surface area contributed by atoms with Crippen molar-refractivity contribution in [2.75, 3.05) is 10.6 Å². The summed E-state index contributed by atoms with van der Waals surface area (Å²) in [6.07, 6.45) is 4.15. The van der Waals surface area contributed by atoms with Gasteiger partial charge in [0.05, 0.1) is 5.69 Å². The Morgan fingerprint density at radius 1 is 1.03 bits per heavy atom. The number of nitrogens with zero attached hydrogens (tertiary/aromatic N) is 4. The highest BCUT2D eigenvalue weighted by Gasteiger charge is 2.24. The standard InChI is InChI=1S/C23H32BrN7/c1-13(2)19-20-21(31(30-19)14(3)4)22(26-17-9-5-15(24)6-10-17)29-23(28-20)27-18-11-7-16(25)8-12-18/h5-6,9-10,13-14,16,18H,7-8,11-12,25H2,1-4H3,(H2,26,27,28,29). The Labute approximate surface area is 192 Å². The first kappa shape index (κ1) is 22.0. The van der Waals surface area contributed by atoms with Crippen molar-refractivity contribution >= 4 is 44.4 Å². The first-order valence-corrected chi connectivity index (χ1v) is 12.0. The maximum absolute atomic E-state index is 6.09. The predicted molar refractivity (Wildman–Crippen MR) is 131 cm³/mol. The molecule has 8 heteroatoms. The van der Waals surface area contributed by atoms with E-state index in [9.17, 15) is 0 Å². The Morgan fingerprint density at radius 3 is 2.32 bits per heavy atom. The topological polar surface area (TPSA) is 93.7 Å². The minimum absolute atomic E-state index is 0.197. The molecular formula is C23H32BrN7. The molecule has 0 amide bonds. The lowest BCUT2D eigenvalue weighted by atomic mass is 9.92. The Hall–Kier alpha value is -2.19. The third-order valence-electron chi connectivity index (χ3n) is 5.82. The Bertz CT molecular complexity index is 1030. The van der Waals surface area contributed by atoms with Crippen molar-refractivity contribution in [3.8, 4) is 0 Å².